The van der Waals surface area contributed by atoms with Gasteiger partial charge in [-0.3, -0.25) is 4.90 Å². The SMILES string of the molecule is Cc1cc(OCCN2CCOCC2)ccc1[C@@H]1CCC[C@]2(C1)OOC1(O2)C2CC3CC(C2)CC1C3. The summed E-state index contributed by atoms with van der Waals surface area (Å²) in [6.07, 6.45) is 10.6. The zero-order chi connectivity index (χ0) is 23.5. The lowest BCUT2D eigenvalue weighted by molar-refractivity contribution is -0.390. The van der Waals surface area contributed by atoms with Gasteiger partial charge < -0.3 is 14.2 Å². The van der Waals surface area contributed by atoms with Gasteiger partial charge in [0.05, 0.1) is 13.2 Å². The number of ether oxygens (including phenoxy) is 3. The van der Waals surface area contributed by atoms with Crippen molar-refractivity contribution in [2.24, 2.45) is 23.7 Å². The van der Waals surface area contributed by atoms with Crippen LogP contribution in [0.5, 0.6) is 5.75 Å². The van der Waals surface area contributed by atoms with E-state index in [1.54, 1.807) is 0 Å². The lowest BCUT2D eigenvalue weighted by atomic mass is 9.53. The van der Waals surface area contributed by atoms with Gasteiger partial charge in [0.1, 0.15) is 12.4 Å². The van der Waals surface area contributed by atoms with E-state index in [1.807, 2.05) is 0 Å². The summed E-state index contributed by atoms with van der Waals surface area (Å²) in [5, 5.41) is 0. The molecule has 0 aromatic heterocycles. The van der Waals surface area contributed by atoms with Crippen molar-refractivity contribution in [2.45, 2.75) is 82.2 Å². The zero-order valence-corrected chi connectivity index (χ0v) is 21.2. The number of nitrogens with zero attached hydrogens (tertiary/aromatic N) is 1. The lowest BCUT2D eigenvalue weighted by Crippen LogP contribution is -2.59. The molecule has 6 heteroatoms. The molecule has 2 aliphatic heterocycles. The summed E-state index contributed by atoms with van der Waals surface area (Å²) in [6, 6.07) is 6.63. The topological polar surface area (TPSA) is 49.4 Å². The minimum absolute atomic E-state index is 0.432. The van der Waals surface area contributed by atoms with Crippen molar-refractivity contribution in [3.63, 3.8) is 0 Å². The zero-order valence-electron chi connectivity index (χ0n) is 21.2. The Kier molecular flexibility index (Phi) is 5.90. The smallest absolute Gasteiger partial charge is 0.210 e. The summed E-state index contributed by atoms with van der Waals surface area (Å²) in [5.74, 6) is 3.19. The monoisotopic (exact) mass is 483 g/mol. The molecule has 0 N–H and O–H groups in total. The molecule has 8 rings (SSSR count). The average Bonchev–Trinajstić information content (AvgIpc) is 3.22. The van der Waals surface area contributed by atoms with Crippen molar-refractivity contribution >= 4 is 0 Å². The van der Waals surface area contributed by atoms with Crippen LogP contribution in [-0.2, 0) is 19.2 Å². The Balaban J connectivity index is 1.01. The quantitative estimate of drug-likeness (QED) is 0.537. The second-order valence-corrected chi connectivity index (χ2v) is 12.3. The first-order chi connectivity index (χ1) is 17.1. The maximum absolute atomic E-state index is 7.00. The molecule has 5 saturated carbocycles. The van der Waals surface area contributed by atoms with Crippen LogP contribution in [-0.4, -0.2) is 55.9 Å². The van der Waals surface area contributed by atoms with Crippen LogP contribution in [0, 0.1) is 30.6 Å². The van der Waals surface area contributed by atoms with E-state index in [0.29, 0.717) is 17.8 Å². The Morgan fingerprint density at radius 2 is 1.77 bits per heavy atom. The molecule has 0 radical (unpaired) electrons. The first-order valence-electron chi connectivity index (χ1n) is 14.2. The third kappa shape index (κ3) is 4.14. The number of hydrogen-bond acceptors (Lipinski definition) is 6. The highest BCUT2D eigenvalue weighted by Crippen LogP contribution is 2.64. The third-order valence-electron chi connectivity index (χ3n) is 10.1. The molecule has 4 bridgehead atoms. The molecule has 1 aromatic carbocycles. The van der Waals surface area contributed by atoms with Crippen LogP contribution >= 0.6 is 0 Å². The summed E-state index contributed by atoms with van der Waals surface area (Å²) in [4.78, 5) is 14.9. The molecule has 2 heterocycles. The third-order valence-corrected chi connectivity index (χ3v) is 10.1. The number of rotatable bonds is 5. The molecule has 5 aliphatic carbocycles. The second kappa shape index (κ2) is 8.98. The van der Waals surface area contributed by atoms with E-state index in [2.05, 4.69) is 30.0 Å². The van der Waals surface area contributed by atoms with Crippen LogP contribution in [0.15, 0.2) is 18.2 Å². The van der Waals surface area contributed by atoms with Gasteiger partial charge in [-0.05, 0) is 92.9 Å². The Bertz CT molecular complexity index is 902. The van der Waals surface area contributed by atoms with Crippen molar-refractivity contribution < 1.29 is 24.0 Å². The van der Waals surface area contributed by atoms with Gasteiger partial charge in [0.25, 0.3) is 0 Å². The summed E-state index contributed by atoms with van der Waals surface area (Å²) in [6.45, 7) is 7.56. The minimum Gasteiger partial charge on any atom is -0.492 e. The van der Waals surface area contributed by atoms with E-state index in [0.717, 1.165) is 76.3 Å². The number of benzene rings is 1. The van der Waals surface area contributed by atoms with Gasteiger partial charge in [0, 0.05) is 44.3 Å². The number of morpholine rings is 1. The van der Waals surface area contributed by atoms with E-state index in [4.69, 9.17) is 24.0 Å². The highest BCUT2D eigenvalue weighted by Gasteiger charge is 2.67. The molecule has 7 aliphatic rings. The van der Waals surface area contributed by atoms with Gasteiger partial charge in [-0.25, -0.2) is 0 Å². The van der Waals surface area contributed by atoms with Crippen LogP contribution in [0.3, 0.4) is 0 Å². The lowest BCUT2D eigenvalue weighted by Gasteiger charge is -2.57. The van der Waals surface area contributed by atoms with Crippen LogP contribution in [0.4, 0.5) is 0 Å². The first kappa shape index (κ1) is 23.0. The van der Waals surface area contributed by atoms with E-state index in [-0.39, 0.29) is 0 Å². The minimum atomic E-state index is -0.571. The average molecular weight is 484 g/mol. The number of aryl methyl sites for hydroxylation is 1. The first-order valence-corrected chi connectivity index (χ1v) is 14.2. The van der Waals surface area contributed by atoms with Crippen LogP contribution in [0.25, 0.3) is 0 Å². The standard InChI is InChI=1S/C29H41NO5/c1-20-13-26(32-12-9-30-7-10-31-11-8-30)4-5-27(20)23-3-2-6-28(19-23)33-29(35-34-28)24-15-21-14-22(17-24)18-25(29)16-21/h4-5,13,21-25H,2-3,6-12,14-19H2,1H3/t21?,22?,23-,24?,25?,28-,29?/m1/s1. The largest absolute Gasteiger partial charge is 0.492 e. The Hall–Kier alpha value is -1.18. The second-order valence-electron chi connectivity index (χ2n) is 12.3. The van der Waals surface area contributed by atoms with E-state index >= 15 is 0 Å². The normalized spacial score (nSPS) is 42.8. The molecule has 192 valence electrons. The van der Waals surface area contributed by atoms with Gasteiger partial charge in [-0.15, -0.1) is 0 Å². The van der Waals surface area contributed by atoms with E-state index < -0.39 is 11.6 Å². The fourth-order valence-corrected chi connectivity index (χ4v) is 8.55. The molecule has 2 atom stereocenters. The summed E-state index contributed by atoms with van der Waals surface area (Å²) < 4.78 is 18.5. The van der Waals surface area contributed by atoms with Gasteiger partial charge in [0.2, 0.25) is 11.6 Å². The number of hydrogen-bond donors (Lipinski definition) is 0. The molecule has 1 aromatic rings. The molecular formula is C29H41NO5. The highest BCUT2D eigenvalue weighted by atomic mass is 17.3. The van der Waals surface area contributed by atoms with E-state index in [9.17, 15) is 0 Å². The van der Waals surface area contributed by atoms with Crippen molar-refractivity contribution in [1.82, 2.24) is 4.90 Å². The Morgan fingerprint density at radius 3 is 2.51 bits per heavy atom. The van der Waals surface area contributed by atoms with Crippen LogP contribution in [0.2, 0.25) is 0 Å². The van der Waals surface area contributed by atoms with Gasteiger partial charge in [0.15, 0.2) is 0 Å². The van der Waals surface area contributed by atoms with Gasteiger partial charge in [-0.1, -0.05) is 6.07 Å². The fraction of sp³-hybridized carbons (Fsp3) is 0.793. The van der Waals surface area contributed by atoms with Crippen LogP contribution in [0.1, 0.15) is 74.8 Å². The van der Waals surface area contributed by atoms with E-state index in [1.165, 1.54) is 49.7 Å². The predicted molar refractivity (Wildman–Crippen MR) is 131 cm³/mol. The molecule has 2 spiro atoms. The van der Waals surface area contributed by atoms with Crippen molar-refractivity contribution in [1.29, 1.82) is 0 Å². The van der Waals surface area contributed by atoms with Crippen molar-refractivity contribution in [3.05, 3.63) is 29.3 Å². The summed E-state index contributed by atoms with van der Waals surface area (Å²) in [5.41, 5.74) is 2.71. The van der Waals surface area contributed by atoms with Gasteiger partial charge >= 0.3 is 0 Å². The highest BCUT2D eigenvalue weighted by molar-refractivity contribution is 5.37. The van der Waals surface area contributed by atoms with Gasteiger partial charge in [-0.2, -0.15) is 9.78 Å². The fourth-order valence-electron chi connectivity index (χ4n) is 8.55. The Morgan fingerprint density at radius 1 is 1.00 bits per heavy atom. The van der Waals surface area contributed by atoms with Crippen LogP contribution < -0.4 is 4.74 Å². The molecule has 0 amide bonds. The predicted octanol–water partition coefficient (Wildman–Crippen LogP) is 5.19. The summed E-state index contributed by atoms with van der Waals surface area (Å²) in [7, 11) is 0. The van der Waals surface area contributed by atoms with Crippen molar-refractivity contribution in [3.8, 4) is 5.75 Å². The Labute approximate surface area is 209 Å². The molecule has 6 nitrogen and oxygen atoms in total. The molecule has 7 fully saturated rings. The molecule has 0 unspecified atom stereocenters. The molecule has 35 heavy (non-hydrogen) atoms. The maximum Gasteiger partial charge on any atom is 0.210 e. The maximum atomic E-state index is 7.00. The summed E-state index contributed by atoms with van der Waals surface area (Å²) >= 11 is 0. The molecule has 2 saturated heterocycles. The van der Waals surface area contributed by atoms with Crippen molar-refractivity contribution in [2.75, 3.05) is 39.5 Å². The molecular weight excluding hydrogens is 442 g/mol.